The minimum Gasteiger partial charge on any atom is -0.270 e. The molecule has 0 aliphatic heterocycles. The van der Waals surface area contributed by atoms with Crippen molar-refractivity contribution in [3.05, 3.63) is 0 Å². The maximum Gasteiger partial charge on any atom is 0.264 e. The van der Waals surface area contributed by atoms with Crippen LogP contribution in [0.3, 0.4) is 0 Å². The molecule has 9 nitrogen and oxygen atoms in total. The van der Waals surface area contributed by atoms with E-state index in [9.17, 15) is 25.3 Å². The number of hydrogen-bond acceptors (Lipinski definition) is 9. The first-order valence-corrected chi connectivity index (χ1v) is 22.7. The molecule has 0 aromatic heterocycles. The zero-order chi connectivity index (χ0) is 35.2. The van der Waals surface area contributed by atoms with Crippen molar-refractivity contribution in [2.24, 2.45) is 17.8 Å². The molecule has 0 N–H and O–H groups in total. The van der Waals surface area contributed by atoms with Crippen molar-refractivity contribution >= 4 is 30.4 Å². The molecule has 0 aromatic rings. The van der Waals surface area contributed by atoms with Crippen LogP contribution in [0.1, 0.15) is 157 Å². The first-order chi connectivity index (χ1) is 20.7. The van der Waals surface area contributed by atoms with Gasteiger partial charge in [0.05, 0.1) is 38.6 Å². The van der Waals surface area contributed by atoms with E-state index < -0.39 is 30.4 Å². The van der Waals surface area contributed by atoms with Crippen LogP contribution in [0.4, 0.5) is 0 Å². The molecule has 0 radical (unpaired) electrons. The fraction of sp³-hybridized carbons (Fsp3) is 1.00. The van der Waals surface area contributed by atoms with Crippen molar-refractivity contribution in [2.75, 3.05) is 38.6 Å². The SMILES string of the molecule is CC(C)CCCCCCCOS(C)(=O)=O.CC(C)CCCCCCCOS(C)(=O)=O.CC(C)CCCCCCCOS(C)(=O)=O. The quantitative estimate of drug-likeness (QED) is 0.0607. The van der Waals surface area contributed by atoms with E-state index in [-0.39, 0.29) is 0 Å². The molecule has 0 atom stereocenters. The summed E-state index contributed by atoms with van der Waals surface area (Å²) in [6, 6.07) is 0. The molecule has 0 spiro atoms. The molecule has 0 aliphatic carbocycles. The van der Waals surface area contributed by atoms with Crippen LogP contribution < -0.4 is 0 Å². The molecule has 276 valence electrons. The molecule has 12 heteroatoms. The Morgan fingerprint density at radius 1 is 0.333 bits per heavy atom. The van der Waals surface area contributed by atoms with Crippen LogP contribution in [0.25, 0.3) is 0 Å². The van der Waals surface area contributed by atoms with Crippen LogP contribution in [0.5, 0.6) is 0 Å². The van der Waals surface area contributed by atoms with E-state index in [4.69, 9.17) is 0 Å². The molecule has 0 heterocycles. The van der Waals surface area contributed by atoms with Crippen molar-refractivity contribution < 1.29 is 37.8 Å². The maximum atomic E-state index is 10.6. The first-order valence-electron chi connectivity index (χ1n) is 17.3. The summed E-state index contributed by atoms with van der Waals surface area (Å²) >= 11 is 0. The van der Waals surface area contributed by atoms with Crippen LogP contribution in [-0.4, -0.2) is 63.8 Å². The Kier molecular flexibility index (Phi) is 33.9. The molecule has 0 saturated carbocycles. The predicted molar refractivity (Wildman–Crippen MR) is 190 cm³/mol. The summed E-state index contributed by atoms with van der Waals surface area (Å²) in [6.45, 7) is 14.4. The van der Waals surface area contributed by atoms with Gasteiger partial charge < -0.3 is 0 Å². The minimum atomic E-state index is -3.23. The van der Waals surface area contributed by atoms with Crippen molar-refractivity contribution in [3.63, 3.8) is 0 Å². The van der Waals surface area contributed by atoms with Gasteiger partial charge in [0, 0.05) is 0 Å². The molecule has 0 saturated heterocycles. The summed E-state index contributed by atoms with van der Waals surface area (Å²) in [4.78, 5) is 0. The van der Waals surface area contributed by atoms with Gasteiger partial charge in [-0.15, -0.1) is 0 Å². The summed E-state index contributed by atoms with van der Waals surface area (Å²) in [6.07, 6.45) is 24.0. The standard InChI is InChI=1S/3C11H24O3S/c3*1-11(2)9-7-5-4-6-8-10-14-15(3,12)13/h3*11H,4-10H2,1-3H3. The van der Waals surface area contributed by atoms with Gasteiger partial charge >= 0.3 is 0 Å². The lowest BCUT2D eigenvalue weighted by molar-refractivity contribution is 0.308. The van der Waals surface area contributed by atoms with Crippen molar-refractivity contribution in [1.29, 1.82) is 0 Å². The third kappa shape index (κ3) is 59.6. The second kappa shape index (κ2) is 31.0. The van der Waals surface area contributed by atoms with E-state index in [1.54, 1.807) is 0 Å². The van der Waals surface area contributed by atoms with E-state index in [0.29, 0.717) is 19.8 Å². The number of hydrogen-bond donors (Lipinski definition) is 0. The zero-order valence-corrected chi connectivity index (χ0v) is 32.9. The molecule has 0 aliphatic rings. The summed E-state index contributed by atoms with van der Waals surface area (Å²) < 4.78 is 77.7. The molecular formula is C33H72O9S3. The van der Waals surface area contributed by atoms with Crippen molar-refractivity contribution in [3.8, 4) is 0 Å². The molecule has 0 bridgehead atoms. The van der Waals surface area contributed by atoms with E-state index in [1.807, 2.05) is 0 Å². The molecule has 0 aromatic carbocycles. The van der Waals surface area contributed by atoms with Gasteiger partial charge in [0.1, 0.15) is 0 Å². The smallest absolute Gasteiger partial charge is 0.264 e. The van der Waals surface area contributed by atoms with Gasteiger partial charge in [-0.3, -0.25) is 12.5 Å². The Hall–Kier alpha value is -0.270. The average Bonchev–Trinajstić information content (AvgIpc) is 2.87. The molecular weight excluding hydrogens is 637 g/mol. The summed E-state index contributed by atoms with van der Waals surface area (Å²) in [5, 5.41) is 0. The Morgan fingerprint density at radius 3 is 0.689 bits per heavy atom. The van der Waals surface area contributed by atoms with Gasteiger partial charge in [-0.05, 0) is 37.0 Å². The summed E-state index contributed by atoms with van der Waals surface area (Å²) in [5.41, 5.74) is 0. The average molecular weight is 709 g/mol. The minimum absolute atomic E-state index is 0.336. The fourth-order valence-corrected chi connectivity index (χ4v) is 5.45. The van der Waals surface area contributed by atoms with Crippen LogP contribution in [0.2, 0.25) is 0 Å². The number of unbranched alkanes of at least 4 members (excludes halogenated alkanes) is 12. The van der Waals surface area contributed by atoms with Gasteiger partial charge in [-0.25, -0.2) is 0 Å². The highest BCUT2D eigenvalue weighted by atomic mass is 32.2. The molecule has 0 fully saturated rings. The highest BCUT2D eigenvalue weighted by molar-refractivity contribution is 7.86. The maximum absolute atomic E-state index is 10.6. The van der Waals surface area contributed by atoms with Gasteiger partial charge in [-0.2, -0.15) is 25.3 Å². The molecule has 0 rings (SSSR count). The lowest BCUT2D eigenvalue weighted by Gasteiger charge is -2.04. The Bertz CT molecular complexity index is 820. The Labute approximate surface area is 280 Å². The topological polar surface area (TPSA) is 130 Å². The zero-order valence-electron chi connectivity index (χ0n) is 30.5. The molecule has 0 unspecified atom stereocenters. The van der Waals surface area contributed by atoms with Crippen molar-refractivity contribution in [1.82, 2.24) is 0 Å². The van der Waals surface area contributed by atoms with Crippen LogP contribution in [-0.2, 0) is 42.9 Å². The van der Waals surface area contributed by atoms with Crippen molar-refractivity contribution in [2.45, 2.75) is 157 Å². The van der Waals surface area contributed by atoms with Gasteiger partial charge in [-0.1, -0.05) is 138 Å². The highest BCUT2D eigenvalue weighted by Crippen LogP contribution is 2.12. The number of rotatable bonds is 27. The van der Waals surface area contributed by atoms with E-state index in [1.165, 1.54) is 77.0 Å². The second-order valence-electron chi connectivity index (χ2n) is 13.4. The van der Waals surface area contributed by atoms with Crippen LogP contribution >= 0.6 is 0 Å². The highest BCUT2D eigenvalue weighted by Gasteiger charge is 2.02. The van der Waals surface area contributed by atoms with Crippen LogP contribution in [0, 0.1) is 17.8 Å². The van der Waals surface area contributed by atoms with Crippen LogP contribution in [0.15, 0.2) is 0 Å². The second-order valence-corrected chi connectivity index (χ2v) is 18.4. The summed E-state index contributed by atoms with van der Waals surface area (Å²) in [7, 11) is -9.70. The molecule has 45 heavy (non-hydrogen) atoms. The monoisotopic (exact) mass is 708 g/mol. The first kappa shape index (κ1) is 49.1. The molecule has 0 amide bonds. The normalized spacial score (nSPS) is 12.3. The van der Waals surface area contributed by atoms with Gasteiger partial charge in [0.15, 0.2) is 0 Å². The third-order valence-corrected chi connectivity index (χ3v) is 8.45. The summed E-state index contributed by atoms with van der Waals surface area (Å²) in [5.74, 6) is 2.37. The fourth-order valence-electron chi connectivity index (χ4n) is 4.19. The lowest BCUT2D eigenvalue weighted by Crippen LogP contribution is -2.03. The Balaban J connectivity index is -0.000000588. The van der Waals surface area contributed by atoms with E-state index in [2.05, 4.69) is 54.1 Å². The largest absolute Gasteiger partial charge is 0.270 e. The van der Waals surface area contributed by atoms with E-state index in [0.717, 1.165) is 75.0 Å². The third-order valence-electron chi connectivity index (χ3n) is 6.67. The van der Waals surface area contributed by atoms with Gasteiger partial charge in [0.25, 0.3) is 30.4 Å². The van der Waals surface area contributed by atoms with Gasteiger partial charge in [0.2, 0.25) is 0 Å². The Morgan fingerprint density at radius 2 is 0.511 bits per heavy atom. The van der Waals surface area contributed by atoms with E-state index >= 15 is 0 Å². The lowest BCUT2D eigenvalue weighted by atomic mass is 10.0. The predicted octanol–water partition coefficient (Wildman–Crippen LogP) is 8.88.